The van der Waals surface area contributed by atoms with Crippen LogP contribution in [0.1, 0.15) is 16.8 Å². The normalized spacial score (nSPS) is 9.75. The van der Waals surface area contributed by atoms with Gasteiger partial charge in [0.15, 0.2) is 5.13 Å². The van der Waals surface area contributed by atoms with Crippen molar-refractivity contribution in [2.24, 2.45) is 0 Å². The molecule has 0 radical (unpaired) electrons. The SMILES string of the molecule is Cc1csc(NCc2ccc(C#N)cc2)n1. The average molecular weight is 229 g/mol. The molecule has 1 aromatic carbocycles. The summed E-state index contributed by atoms with van der Waals surface area (Å²) in [6, 6.07) is 9.65. The summed E-state index contributed by atoms with van der Waals surface area (Å²) in [6.07, 6.45) is 0. The fourth-order valence-electron chi connectivity index (χ4n) is 1.31. The number of aryl methyl sites for hydroxylation is 1. The highest BCUT2D eigenvalue weighted by atomic mass is 32.1. The smallest absolute Gasteiger partial charge is 0.183 e. The first-order chi connectivity index (χ1) is 7.78. The van der Waals surface area contributed by atoms with E-state index in [-0.39, 0.29) is 0 Å². The van der Waals surface area contributed by atoms with Crippen LogP contribution in [-0.4, -0.2) is 4.98 Å². The molecule has 1 N–H and O–H groups in total. The quantitative estimate of drug-likeness (QED) is 0.880. The zero-order chi connectivity index (χ0) is 11.4. The van der Waals surface area contributed by atoms with Crippen LogP contribution >= 0.6 is 11.3 Å². The van der Waals surface area contributed by atoms with Crippen molar-refractivity contribution in [3.8, 4) is 6.07 Å². The lowest BCUT2D eigenvalue weighted by atomic mass is 10.1. The van der Waals surface area contributed by atoms with E-state index in [2.05, 4.69) is 16.4 Å². The van der Waals surface area contributed by atoms with Crippen LogP contribution in [-0.2, 0) is 6.54 Å². The van der Waals surface area contributed by atoms with Gasteiger partial charge in [0.2, 0.25) is 0 Å². The molecular weight excluding hydrogens is 218 g/mol. The van der Waals surface area contributed by atoms with Crippen LogP contribution in [0.5, 0.6) is 0 Å². The largest absolute Gasteiger partial charge is 0.357 e. The number of hydrogen-bond donors (Lipinski definition) is 1. The maximum Gasteiger partial charge on any atom is 0.183 e. The third-order valence-corrected chi connectivity index (χ3v) is 3.06. The van der Waals surface area contributed by atoms with Crippen molar-refractivity contribution in [1.82, 2.24) is 4.98 Å². The summed E-state index contributed by atoms with van der Waals surface area (Å²) in [5.41, 5.74) is 2.87. The molecule has 0 saturated carbocycles. The number of thiazole rings is 1. The van der Waals surface area contributed by atoms with Gasteiger partial charge in [-0.15, -0.1) is 11.3 Å². The first-order valence-corrected chi connectivity index (χ1v) is 5.81. The molecule has 2 rings (SSSR count). The molecule has 0 aliphatic carbocycles. The van der Waals surface area contributed by atoms with Crippen molar-refractivity contribution in [3.63, 3.8) is 0 Å². The van der Waals surface area contributed by atoms with E-state index in [4.69, 9.17) is 5.26 Å². The summed E-state index contributed by atoms with van der Waals surface area (Å²) >= 11 is 1.60. The molecule has 2 aromatic rings. The first kappa shape index (κ1) is 10.7. The molecule has 0 fully saturated rings. The van der Waals surface area contributed by atoms with E-state index in [1.807, 2.05) is 36.6 Å². The highest BCUT2D eigenvalue weighted by Crippen LogP contribution is 2.15. The molecule has 0 unspecified atom stereocenters. The van der Waals surface area contributed by atoms with Crippen LogP contribution in [0.25, 0.3) is 0 Å². The second kappa shape index (κ2) is 4.77. The van der Waals surface area contributed by atoms with Crippen LogP contribution in [0.3, 0.4) is 0 Å². The molecule has 0 amide bonds. The summed E-state index contributed by atoms with van der Waals surface area (Å²) in [7, 11) is 0. The number of anilines is 1. The molecule has 1 aromatic heterocycles. The molecule has 1 heterocycles. The van der Waals surface area contributed by atoms with Crippen LogP contribution in [0.2, 0.25) is 0 Å². The van der Waals surface area contributed by atoms with Crippen LogP contribution in [0.4, 0.5) is 5.13 Å². The highest BCUT2D eigenvalue weighted by Gasteiger charge is 1.98. The number of nitriles is 1. The maximum atomic E-state index is 8.67. The van der Waals surface area contributed by atoms with E-state index in [1.165, 1.54) is 0 Å². The Morgan fingerprint density at radius 1 is 1.38 bits per heavy atom. The lowest BCUT2D eigenvalue weighted by Gasteiger charge is -2.02. The van der Waals surface area contributed by atoms with Gasteiger partial charge in [0.25, 0.3) is 0 Å². The van der Waals surface area contributed by atoms with Gasteiger partial charge in [-0.1, -0.05) is 12.1 Å². The van der Waals surface area contributed by atoms with Gasteiger partial charge in [0.05, 0.1) is 17.3 Å². The topological polar surface area (TPSA) is 48.7 Å². The van der Waals surface area contributed by atoms with Gasteiger partial charge in [-0.05, 0) is 24.6 Å². The number of nitrogens with zero attached hydrogens (tertiary/aromatic N) is 2. The van der Waals surface area contributed by atoms with Gasteiger partial charge < -0.3 is 5.32 Å². The summed E-state index contributed by atoms with van der Waals surface area (Å²) < 4.78 is 0. The van der Waals surface area contributed by atoms with E-state index in [0.717, 1.165) is 22.9 Å². The minimum Gasteiger partial charge on any atom is -0.357 e. The number of benzene rings is 1. The molecule has 0 aliphatic heterocycles. The summed E-state index contributed by atoms with van der Waals surface area (Å²) in [4.78, 5) is 4.31. The van der Waals surface area contributed by atoms with Gasteiger partial charge in [-0.25, -0.2) is 4.98 Å². The number of rotatable bonds is 3. The lowest BCUT2D eigenvalue weighted by molar-refractivity contribution is 1.12. The molecular formula is C12H11N3S. The van der Waals surface area contributed by atoms with E-state index < -0.39 is 0 Å². The molecule has 3 nitrogen and oxygen atoms in total. The van der Waals surface area contributed by atoms with Crippen LogP contribution in [0.15, 0.2) is 29.6 Å². The molecule has 16 heavy (non-hydrogen) atoms. The highest BCUT2D eigenvalue weighted by molar-refractivity contribution is 7.13. The molecule has 0 bridgehead atoms. The number of hydrogen-bond acceptors (Lipinski definition) is 4. The van der Waals surface area contributed by atoms with Crippen molar-refractivity contribution in [3.05, 3.63) is 46.5 Å². The zero-order valence-corrected chi connectivity index (χ0v) is 9.71. The van der Waals surface area contributed by atoms with Gasteiger partial charge in [0.1, 0.15) is 0 Å². The van der Waals surface area contributed by atoms with Crippen molar-refractivity contribution in [2.75, 3.05) is 5.32 Å². The third kappa shape index (κ3) is 2.59. The van der Waals surface area contributed by atoms with E-state index in [9.17, 15) is 0 Å². The van der Waals surface area contributed by atoms with Crippen molar-refractivity contribution in [2.45, 2.75) is 13.5 Å². The Kier molecular flexibility index (Phi) is 3.18. The minimum absolute atomic E-state index is 0.689. The first-order valence-electron chi connectivity index (χ1n) is 4.93. The Hall–Kier alpha value is -1.86. The predicted octanol–water partition coefficient (Wildman–Crippen LogP) is 2.94. The van der Waals surface area contributed by atoms with Gasteiger partial charge in [-0.3, -0.25) is 0 Å². The second-order valence-electron chi connectivity index (χ2n) is 3.46. The Balaban J connectivity index is 1.97. The zero-order valence-electron chi connectivity index (χ0n) is 8.90. The summed E-state index contributed by atoms with van der Waals surface area (Å²) in [5.74, 6) is 0. The fourth-order valence-corrected chi connectivity index (χ4v) is 2.00. The molecule has 80 valence electrons. The van der Waals surface area contributed by atoms with Crippen LogP contribution in [0, 0.1) is 18.3 Å². The number of aromatic nitrogens is 1. The van der Waals surface area contributed by atoms with Gasteiger partial charge >= 0.3 is 0 Å². The lowest BCUT2D eigenvalue weighted by Crippen LogP contribution is -1.98. The van der Waals surface area contributed by atoms with Gasteiger partial charge in [0, 0.05) is 11.9 Å². The Labute approximate surface area is 98.4 Å². The second-order valence-corrected chi connectivity index (χ2v) is 4.31. The molecule has 0 spiro atoms. The van der Waals surface area contributed by atoms with Gasteiger partial charge in [-0.2, -0.15) is 5.26 Å². The predicted molar refractivity (Wildman–Crippen MR) is 65.3 cm³/mol. The van der Waals surface area contributed by atoms with E-state index >= 15 is 0 Å². The third-order valence-electron chi connectivity index (χ3n) is 2.15. The van der Waals surface area contributed by atoms with E-state index in [1.54, 1.807) is 11.3 Å². The standard InChI is InChI=1S/C12H11N3S/c1-9-8-16-12(15-9)14-7-11-4-2-10(6-13)3-5-11/h2-5,8H,7H2,1H3,(H,14,15). The molecule has 4 heteroatoms. The van der Waals surface area contributed by atoms with Crippen LogP contribution < -0.4 is 5.32 Å². The molecule has 0 aliphatic rings. The van der Waals surface area contributed by atoms with E-state index in [0.29, 0.717) is 5.56 Å². The Morgan fingerprint density at radius 3 is 2.69 bits per heavy atom. The molecule has 0 atom stereocenters. The number of nitrogens with one attached hydrogen (secondary N) is 1. The van der Waals surface area contributed by atoms with Crippen molar-refractivity contribution < 1.29 is 0 Å². The minimum atomic E-state index is 0.689. The fraction of sp³-hybridized carbons (Fsp3) is 0.167. The maximum absolute atomic E-state index is 8.67. The Bertz CT molecular complexity index is 508. The average Bonchev–Trinajstić information content (AvgIpc) is 2.73. The summed E-state index contributed by atoms with van der Waals surface area (Å²) in [5, 5.41) is 14.9. The monoisotopic (exact) mass is 229 g/mol. The molecule has 0 saturated heterocycles. The van der Waals surface area contributed by atoms with Crippen molar-refractivity contribution >= 4 is 16.5 Å². The Morgan fingerprint density at radius 2 is 2.12 bits per heavy atom. The summed E-state index contributed by atoms with van der Waals surface area (Å²) in [6.45, 7) is 2.71. The van der Waals surface area contributed by atoms with Crippen molar-refractivity contribution in [1.29, 1.82) is 5.26 Å².